The van der Waals surface area contributed by atoms with Gasteiger partial charge < -0.3 is 15.6 Å². The fourth-order valence-corrected chi connectivity index (χ4v) is 4.84. The van der Waals surface area contributed by atoms with Crippen molar-refractivity contribution in [1.29, 1.82) is 0 Å². The zero-order chi connectivity index (χ0) is 26.8. The second-order valence-corrected chi connectivity index (χ2v) is 9.48. The fraction of sp³-hybridized carbons (Fsp3) is 0.129. The van der Waals surface area contributed by atoms with Gasteiger partial charge in [-0.3, -0.25) is 14.9 Å². The van der Waals surface area contributed by atoms with Crippen molar-refractivity contribution >= 4 is 33.3 Å². The minimum Gasteiger partial charge on any atom is -0.387 e. The van der Waals surface area contributed by atoms with Crippen LogP contribution in [0.5, 0.6) is 0 Å². The number of carbonyl (C=O) groups excluding carboxylic acids is 1. The molecule has 0 saturated carbocycles. The van der Waals surface area contributed by atoms with Gasteiger partial charge in [-0.2, -0.15) is 5.10 Å². The molecular formula is C31H27FN6O. The van der Waals surface area contributed by atoms with Gasteiger partial charge >= 0.3 is 0 Å². The molecule has 0 fully saturated rings. The van der Waals surface area contributed by atoms with Crippen molar-refractivity contribution in [1.82, 2.24) is 30.8 Å². The summed E-state index contributed by atoms with van der Waals surface area (Å²) in [7, 11) is 0. The SMILES string of the molecule is CCCC(=O)NC1=C/C(c2ccc3[nH]nc(-c4cc5c(-c6cccc(F)c6)cncc5[nH]4)c3c2)=C\NC\C=C\1. The van der Waals surface area contributed by atoms with Crippen LogP contribution in [0.25, 0.3) is 49.9 Å². The second kappa shape index (κ2) is 10.4. The molecule has 4 N–H and O–H groups in total. The summed E-state index contributed by atoms with van der Waals surface area (Å²) in [6, 6.07) is 14.7. The Morgan fingerprint density at radius 1 is 1.05 bits per heavy atom. The number of allylic oxidation sites excluding steroid dienone is 3. The van der Waals surface area contributed by atoms with Gasteiger partial charge in [0.05, 0.1) is 22.9 Å². The molecule has 3 aromatic heterocycles. The highest BCUT2D eigenvalue weighted by atomic mass is 19.1. The number of fused-ring (bicyclic) bond motifs is 2. The average Bonchev–Trinajstić information content (AvgIpc) is 3.54. The molecule has 0 radical (unpaired) electrons. The maximum absolute atomic E-state index is 13.9. The molecule has 194 valence electrons. The molecule has 6 rings (SSSR count). The van der Waals surface area contributed by atoms with Crippen LogP contribution < -0.4 is 10.6 Å². The Kier molecular flexibility index (Phi) is 6.50. The Morgan fingerprint density at radius 2 is 1.97 bits per heavy atom. The van der Waals surface area contributed by atoms with Crippen LogP contribution in [0, 0.1) is 5.82 Å². The van der Waals surface area contributed by atoms with Crippen molar-refractivity contribution in [2.45, 2.75) is 19.8 Å². The zero-order valence-corrected chi connectivity index (χ0v) is 21.4. The Balaban J connectivity index is 1.40. The van der Waals surface area contributed by atoms with Gasteiger partial charge in [0.25, 0.3) is 0 Å². The van der Waals surface area contributed by atoms with Gasteiger partial charge in [0.2, 0.25) is 5.91 Å². The van der Waals surface area contributed by atoms with Gasteiger partial charge in [-0.15, -0.1) is 0 Å². The number of aromatic amines is 2. The van der Waals surface area contributed by atoms with Gasteiger partial charge in [0.15, 0.2) is 0 Å². The first kappa shape index (κ1) is 24.4. The van der Waals surface area contributed by atoms with E-state index in [4.69, 9.17) is 0 Å². The van der Waals surface area contributed by atoms with E-state index in [9.17, 15) is 9.18 Å². The molecule has 7 nitrogen and oxygen atoms in total. The van der Waals surface area contributed by atoms with Crippen LogP contribution in [-0.2, 0) is 4.79 Å². The van der Waals surface area contributed by atoms with E-state index >= 15 is 0 Å². The first-order chi connectivity index (χ1) is 19.1. The zero-order valence-electron chi connectivity index (χ0n) is 21.4. The van der Waals surface area contributed by atoms with Gasteiger partial charge in [0.1, 0.15) is 11.5 Å². The van der Waals surface area contributed by atoms with Crippen molar-refractivity contribution in [3.05, 3.63) is 102 Å². The summed E-state index contributed by atoms with van der Waals surface area (Å²) in [6.45, 7) is 2.64. The summed E-state index contributed by atoms with van der Waals surface area (Å²) in [5, 5.41) is 15.9. The van der Waals surface area contributed by atoms with Crippen LogP contribution in [0.2, 0.25) is 0 Å². The van der Waals surface area contributed by atoms with Crippen LogP contribution in [0.3, 0.4) is 0 Å². The first-order valence-corrected chi connectivity index (χ1v) is 12.9. The van der Waals surface area contributed by atoms with Crippen LogP contribution in [-0.4, -0.2) is 32.6 Å². The van der Waals surface area contributed by atoms with E-state index < -0.39 is 0 Å². The molecule has 39 heavy (non-hydrogen) atoms. The van der Waals surface area contributed by atoms with E-state index in [-0.39, 0.29) is 11.7 Å². The minimum atomic E-state index is -0.290. The van der Waals surface area contributed by atoms with Crippen molar-refractivity contribution < 1.29 is 9.18 Å². The third kappa shape index (κ3) is 4.96. The predicted molar refractivity (Wildman–Crippen MR) is 153 cm³/mol. The Labute approximate surface area is 224 Å². The molecule has 4 heterocycles. The second-order valence-electron chi connectivity index (χ2n) is 9.48. The third-order valence-corrected chi connectivity index (χ3v) is 6.70. The molecule has 0 unspecified atom stereocenters. The number of hydrogen-bond donors (Lipinski definition) is 4. The number of H-pyrrole nitrogens is 2. The molecule has 1 aliphatic rings. The number of amides is 1. The van der Waals surface area contributed by atoms with Crippen LogP contribution in [0.4, 0.5) is 4.39 Å². The van der Waals surface area contributed by atoms with Crippen LogP contribution >= 0.6 is 0 Å². The number of pyridine rings is 1. The van der Waals surface area contributed by atoms with Gasteiger partial charge in [-0.25, -0.2) is 4.39 Å². The average molecular weight is 519 g/mol. The molecule has 1 aliphatic heterocycles. The lowest BCUT2D eigenvalue weighted by atomic mass is 10.0. The highest BCUT2D eigenvalue weighted by Crippen LogP contribution is 2.34. The molecule has 1 amide bonds. The number of nitrogens with one attached hydrogen (secondary N) is 4. The number of rotatable bonds is 6. The molecule has 0 atom stereocenters. The van der Waals surface area contributed by atoms with E-state index in [0.29, 0.717) is 13.0 Å². The monoisotopic (exact) mass is 518 g/mol. The Bertz CT molecular complexity index is 1790. The van der Waals surface area contributed by atoms with E-state index in [0.717, 1.165) is 67.6 Å². The summed E-state index contributed by atoms with van der Waals surface area (Å²) in [5.74, 6) is -0.290. The summed E-state index contributed by atoms with van der Waals surface area (Å²) in [4.78, 5) is 20.0. The number of hydrogen-bond acceptors (Lipinski definition) is 4. The molecule has 5 aromatic rings. The molecule has 0 saturated heterocycles. The predicted octanol–water partition coefficient (Wildman–Crippen LogP) is 6.21. The molecule has 0 spiro atoms. The lowest BCUT2D eigenvalue weighted by molar-refractivity contribution is -0.120. The smallest absolute Gasteiger partial charge is 0.224 e. The highest BCUT2D eigenvalue weighted by Gasteiger charge is 2.15. The lowest BCUT2D eigenvalue weighted by Gasteiger charge is -2.12. The maximum atomic E-state index is 13.9. The molecule has 8 heteroatoms. The minimum absolute atomic E-state index is 0.000216. The van der Waals surface area contributed by atoms with Crippen molar-refractivity contribution in [2.75, 3.05) is 6.54 Å². The topological polar surface area (TPSA) is 98.5 Å². The quantitative estimate of drug-likeness (QED) is 0.215. The summed E-state index contributed by atoms with van der Waals surface area (Å²) in [6.07, 6.45) is 12.6. The molecular weight excluding hydrogens is 491 g/mol. The van der Waals surface area contributed by atoms with Crippen LogP contribution in [0.15, 0.2) is 91.0 Å². The van der Waals surface area contributed by atoms with Gasteiger partial charge in [-0.05, 0) is 65.6 Å². The van der Waals surface area contributed by atoms with Crippen molar-refractivity contribution in [3.63, 3.8) is 0 Å². The molecule has 2 aromatic carbocycles. The highest BCUT2D eigenvalue weighted by molar-refractivity contribution is 6.01. The van der Waals surface area contributed by atoms with Crippen LogP contribution in [0.1, 0.15) is 25.3 Å². The van der Waals surface area contributed by atoms with Crippen molar-refractivity contribution in [3.8, 4) is 22.5 Å². The fourth-order valence-electron chi connectivity index (χ4n) is 4.84. The first-order valence-electron chi connectivity index (χ1n) is 12.9. The third-order valence-electron chi connectivity index (χ3n) is 6.70. The van der Waals surface area contributed by atoms with E-state index in [2.05, 4.69) is 36.9 Å². The number of aromatic nitrogens is 4. The van der Waals surface area contributed by atoms with Crippen molar-refractivity contribution in [2.24, 2.45) is 0 Å². The normalized spacial score (nSPS) is 17.0. The molecule has 0 aliphatic carbocycles. The number of carbonyl (C=O) groups is 1. The maximum Gasteiger partial charge on any atom is 0.224 e. The van der Waals surface area contributed by atoms with E-state index in [1.54, 1.807) is 18.5 Å². The molecule has 0 bridgehead atoms. The lowest BCUT2D eigenvalue weighted by Crippen LogP contribution is -2.22. The number of nitrogens with zero attached hydrogens (tertiary/aromatic N) is 2. The Hall–Kier alpha value is -4.98. The Morgan fingerprint density at radius 3 is 2.85 bits per heavy atom. The van der Waals surface area contributed by atoms with Gasteiger partial charge in [-0.1, -0.05) is 31.2 Å². The van der Waals surface area contributed by atoms with E-state index in [1.807, 2.05) is 55.6 Å². The van der Waals surface area contributed by atoms with Gasteiger partial charge in [0, 0.05) is 47.4 Å². The standard InChI is InChI=1S/C31H27FN6O/c1-2-5-30(39)35-23-8-4-11-33-16-21(13-23)19-9-10-27-25(14-19)31(38-37-27)28-15-24-26(17-34-18-29(24)36-28)20-6-3-7-22(32)12-20/h3-4,6-10,12-18,33,36H,2,5,11H2,1H3,(H,35,39)(H,37,38)/b8-4+,21-16+,23-13+. The summed E-state index contributed by atoms with van der Waals surface area (Å²) in [5.41, 5.74) is 7.62. The summed E-state index contributed by atoms with van der Waals surface area (Å²) < 4.78 is 13.9. The number of benzene rings is 2. The largest absolute Gasteiger partial charge is 0.387 e. The number of halogens is 1. The van der Waals surface area contributed by atoms with E-state index in [1.165, 1.54) is 12.1 Å². The summed E-state index contributed by atoms with van der Waals surface area (Å²) >= 11 is 0.